The first kappa shape index (κ1) is 14.7. The number of nitrogens with two attached hydrogens (primary N) is 1. The highest BCUT2D eigenvalue weighted by Crippen LogP contribution is 2.32. The predicted octanol–water partition coefficient (Wildman–Crippen LogP) is 1.97. The van der Waals surface area contributed by atoms with Gasteiger partial charge in [-0.05, 0) is 49.8 Å². The normalized spacial score (nSPS) is 16.9. The number of rotatable bonds is 6. The summed E-state index contributed by atoms with van der Waals surface area (Å²) in [5.41, 5.74) is 6.40. The zero-order valence-electron chi connectivity index (χ0n) is 11.7. The third-order valence-corrected chi connectivity index (χ3v) is 3.60. The molecule has 1 aromatic rings. The molecule has 20 heavy (non-hydrogen) atoms. The van der Waals surface area contributed by atoms with Crippen LogP contribution in [0.3, 0.4) is 0 Å². The van der Waals surface area contributed by atoms with Gasteiger partial charge in [-0.2, -0.15) is 0 Å². The number of aliphatic carboxylic acids is 1. The van der Waals surface area contributed by atoms with Crippen molar-refractivity contribution in [2.24, 2.45) is 5.73 Å². The summed E-state index contributed by atoms with van der Waals surface area (Å²) in [6, 6.07) is 4.56. The Morgan fingerprint density at radius 3 is 2.70 bits per heavy atom. The fraction of sp³-hybridized carbons (Fsp3) is 0.533. The Morgan fingerprint density at radius 2 is 2.10 bits per heavy atom. The summed E-state index contributed by atoms with van der Waals surface area (Å²) >= 11 is 0. The van der Waals surface area contributed by atoms with E-state index in [0.717, 1.165) is 18.4 Å². The lowest BCUT2D eigenvalue weighted by Crippen LogP contribution is -2.32. The van der Waals surface area contributed by atoms with Crippen LogP contribution in [0.25, 0.3) is 0 Å². The lowest BCUT2D eigenvalue weighted by atomic mass is 10.1. The molecule has 0 radical (unpaired) electrons. The van der Waals surface area contributed by atoms with E-state index in [4.69, 9.17) is 20.3 Å². The molecule has 1 atom stereocenters. The first-order valence-electron chi connectivity index (χ1n) is 6.92. The molecule has 0 saturated heterocycles. The van der Waals surface area contributed by atoms with Crippen LogP contribution in [0.1, 0.15) is 31.2 Å². The topological polar surface area (TPSA) is 81.8 Å². The summed E-state index contributed by atoms with van der Waals surface area (Å²) in [5.74, 6) is 0.345. The van der Waals surface area contributed by atoms with E-state index < -0.39 is 12.0 Å². The molecule has 0 amide bonds. The van der Waals surface area contributed by atoms with Crippen molar-refractivity contribution >= 4 is 5.97 Å². The van der Waals surface area contributed by atoms with E-state index in [9.17, 15) is 4.79 Å². The predicted molar refractivity (Wildman–Crippen MR) is 75.2 cm³/mol. The number of ether oxygens (including phenoxy) is 2. The van der Waals surface area contributed by atoms with Gasteiger partial charge in [0.05, 0.1) is 13.2 Å². The minimum absolute atomic E-state index is 0.229. The zero-order valence-corrected chi connectivity index (χ0v) is 11.7. The first-order chi connectivity index (χ1) is 9.60. The molecule has 0 aromatic heterocycles. The van der Waals surface area contributed by atoms with Crippen LogP contribution >= 0.6 is 0 Å². The number of methoxy groups -OCH3 is 1. The fourth-order valence-electron chi connectivity index (χ4n) is 2.47. The van der Waals surface area contributed by atoms with Crippen molar-refractivity contribution in [3.05, 3.63) is 23.8 Å². The van der Waals surface area contributed by atoms with Crippen molar-refractivity contribution < 1.29 is 19.4 Å². The van der Waals surface area contributed by atoms with Crippen LogP contribution in [0.5, 0.6) is 11.5 Å². The van der Waals surface area contributed by atoms with E-state index in [1.54, 1.807) is 13.2 Å². The van der Waals surface area contributed by atoms with Gasteiger partial charge in [-0.15, -0.1) is 0 Å². The Bertz CT molecular complexity index is 469. The van der Waals surface area contributed by atoms with Crippen LogP contribution in [-0.4, -0.2) is 30.3 Å². The number of carbonyl (C=O) groups is 1. The number of hydrogen-bond acceptors (Lipinski definition) is 4. The van der Waals surface area contributed by atoms with Crippen molar-refractivity contribution in [2.45, 2.75) is 44.2 Å². The third-order valence-electron chi connectivity index (χ3n) is 3.60. The second-order valence-electron chi connectivity index (χ2n) is 5.16. The molecule has 110 valence electrons. The van der Waals surface area contributed by atoms with Gasteiger partial charge in [-0.25, -0.2) is 0 Å². The molecule has 0 heterocycles. The van der Waals surface area contributed by atoms with Crippen LogP contribution in [0.2, 0.25) is 0 Å². The lowest BCUT2D eigenvalue weighted by molar-refractivity contribution is -0.138. The summed E-state index contributed by atoms with van der Waals surface area (Å²) in [6.45, 7) is 0. The van der Waals surface area contributed by atoms with Crippen molar-refractivity contribution in [3.63, 3.8) is 0 Å². The molecule has 1 saturated carbocycles. The SMILES string of the molecule is COc1ccc(CC(N)C(=O)O)cc1OC1CCCC1. The Kier molecular flexibility index (Phi) is 4.84. The average molecular weight is 279 g/mol. The molecule has 0 aliphatic heterocycles. The van der Waals surface area contributed by atoms with Crippen molar-refractivity contribution in [2.75, 3.05) is 7.11 Å². The molecule has 1 unspecified atom stereocenters. The Hall–Kier alpha value is -1.75. The lowest BCUT2D eigenvalue weighted by Gasteiger charge is -2.17. The Balaban J connectivity index is 2.12. The summed E-state index contributed by atoms with van der Waals surface area (Å²) in [7, 11) is 1.60. The standard InChI is InChI=1S/C15H21NO4/c1-19-13-7-6-10(8-12(16)15(17)18)9-14(13)20-11-4-2-3-5-11/h6-7,9,11-12H,2-5,8,16H2,1H3,(H,17,18). The third kappa shape index (κ3) is 3.63. The van der Waals surface area contributed by atoms with E-state index in [0.29, 0.717) is 11.5 Å². The maximum absolute atomic E-state index is 10.8. The highest BCUT2D eigenvalue weighted by molar-refractivity contribution is 5.73. The monoisotopic (exact) mass is 279 g/mol. The fourth-order valence-corrected chi connectivity index (χ4v) is 2.47. The molecule has 5 nitrogen and oxygen atoms in total. The van der Waals surface area contributed by atoms with Crippen molar-refractivity contribution in [3.8, 4) is 11.5 Å². The summed E-state index contributed by atoms with van der Waals surface area (Å²) in [5, 5.41) is 8.86. The highest BCUT2D eigenvalue weighted by atomic mass is 16.5. The largest absolute Gasteiger partial charge is 0.493 e. The van der Waals surface area contributed by atoms with E-state index in [1.165, 1.54) is 12.8 Å². The second kappa shape index (κ2) is 6.61. The minimum atomic E-state index is -1.00. The molecule has 3 N–H and O–H groups in total. The van der Waals surface area contributed by atoms with E-state index in [1.807, 2.05) is 12.1 Å². The van der Waals surface area contributed by atoms with E-state index in [2.05, 4.69) is 0 Å². The summed E-state index contributed by atoms with van der Waals surface area (Å²) in [4.78, 5) is 10.8. The molecule has 1 fully saturated rings. The van der Waals surface area contributed by atoms with Gasteiger partial charge in [0.2, 0.25) is 0 Å². The molecular weight excluding hydrogens is 258 g/mol. The number of benzene rings is 1. The summed E-state index contributed by atoms with van der Waals surface area (Å²) < 4.78 is 11.3. The summed E-state index contributed by atoms with van der Waals surface area (Å²) in [6.07, 6.45) is 5.00. The number of carboxylic acids is 1. The quantitative estimate of drug-likeness (QED) is 0.832. The number of carboxylic acid groups (broad SMARTS) is 1. The minimum Gasteiger partial charge on any atom is -0.493 e. The smallest absolute Gasteiger partial charge is 0.320 e. The molecule has 1 aromatic carbocycles. The van der Waals surface area contributed by atoms with Crippen LogP contribution in [0.15, 0.2) is 18.2 Å². The average Bonchev–Trinajstić information content (AvgIpc) is 2.92. The molecule has 0 spiro atoms. The first-order valence-corrected chi connectivity index (χ1v) is 6.92. The maximum atomic E-state index is 10.8. The van der Waals surface area contributed by atoms with Gasteiger partial charge < -0.3 is 20.3 Å². The van der Waals surface area contributed by atoms with Gasteiger partial charge in [0, 0.05) is 0 Å². The highest BCUT2D eigenvalue weighted by Gasteiger charge is 2.19. The van der Waals surface area contributed by atoms with Crippen molar-refractivity contribution in [1.82, 2.24) is 0 Å². The second-order valence-corrected chi connectivity index (χ2v) is 5.16. The molecule has 2 rings (SSSR count). The van der Waals surface area contributed by atoms with Gasteiger partial charge in [-0.3, -0.25) is 4.79 Å². The van der Waals surface area contributed by atoms with Gasteiger partial charge in [0.25, 0.3) is 0 Å². The molecule has 1 aliphatic carbocycles. The zero-order chi connectivity index (χ0) is 14.5. The number of hydrogen-bond donors (Lipinski definition) is 2. The molecule has 0 bridgehead atoms. The van der Waals surface area contributed by atoms with Crippen molar-refractivity contribution in [1.29, 1.82) is 0 Å². The van der Waals surface area contributed by atoms with Gasteiger partial charge in [0.15, 0.2) is 11.5 Å². The van der Waals surface area contributed by atoms with Gasteiger partial charge >= 0.3 is 5.97 Å². The van der Waals surface area contributed by atoms with Crippen LogP contribution < -0.4 is 15.2 Å². The molecular formula is C15H21NO4. The molecule has 1 aliphatic rings. The Morgan fingerprint density at radius 1 is 1.40 bits per heavy atom. The van der Waals surface area contributed by atoms with Gasteiger partial charge in [-0.1, -0.05) is 6.07 Å². The van der Waals surface area contributed by atoms with Crippen LogP contribution in [0.4, 0.5) is 0 Å². The van der Waals surface area contributed by atoms with E-state index in [-0.39, 0.29) is 12.5 Å². The van der Waals surface area contributed by atoms with Crippen LogP contribution in [-0.2, 0) is 11.2 Å². The molecule has 5 heteroatoms. The maximum Gasteiger partial charge on any atom is 0.320 e. The van der Waals surface area contributed by atoms with Crippen LogP contribution in [0, 0.1) is 0 Å². The Labute approximate surface area is 118 Å². The van der Waals surface area contributed by atoms with E-state index >= 15 is 0 Å². The van der Waals surface area contributed by atoms with Gasteiger partial charge in [0.1, 0.15) is 6.04 Å².